The Hall–Kier alpha value is -1.46. The molecule has 5 heteroatoms. The summed E-state index contributed by atoms with van der Waals surface area (Å²) in [7, 11) is 0. The van der Waals surface area contributed by atoms with E-state index in [1.165, 1.54) is 0 Å². The minimum atomic E-state index is -0.208. The third-order valence-electron chi connectivity index (χ3n) is 3.04. The van der Waals surface area contributed by atoms with Crippen LogP contribution in [0.5, 0.6) is 0 Å². The van der Waals surface area contributed by atoms with Gasteiger partial charge in [-0.15, -0.1) is 0 Å². The highest BCUT2D eigenvalue weighted by Crippen LogP contribution is 2.06. The zero-order chi connectivity index (χ0) is 12.8. The number of amides is 1. The van der Waals surface area contributed by atoms with E-state index in [1.807, 2.05) is 24.0 Å². The quantitative estimate of drug-likeness (QED) is 0.840. The van der Waals surface area contributed by atoms with Crippen molar-refractivity contribution >= 4 is 5.91 Å². The molecule has 1 unspecified atom stereocenters. The Morgan fingerprint density at radius 1 is 1.56 bits per heavy atom. The minimum absolute atomic E-state index is 0.106. The van der Waals surface area contributed by atoms with E-state index in [9.17, 15) is 4.79 Å². The summed E-state index contributed by atoms with van der Waals surface area (Å²) >= 11 is 0. The number of carbonyl (C=O) groups excluding carboxylic acids is 1. The average Bonchev–Trinajstić information content (AvgIpc) is 2.46. The van der Waals surface area contributed by atoms with Crippen molar-refractivity contribution in [2.75, 3.05) is 26.3 Å². The monoisotopic (exact) mass is 249 g/mol. The topological polar surface area (TPSA) is 54.5 Å². The number of nitrogens with zero attached hydrogens (tertiary/aromatic N) is 2. The predicted octanol–water partition coefficient (Wildman–Crippen LogP) is 0.418. The van der Waals surface area contributed by atoms with E-state index in [0.29, 0.717) is 26.3 Å². The van der Waals surface area contributed by atoms with E-state index in [2.05, 4.69) is 10.3 Å². The van der Waals surface area contributed by atoms with Gasteiger partial charge in [0.1, 0.15) is 6.04 Å². The molecule has 1 N–H and O–H groups in total. The first-order chi connectivity index (χ1) is 8.81. The summed E-state index contributed by atoms with van der Waals surface area (Å²) in [6, 6.07) is 3.65. The molecule has 2 heterocycles. The second kappa shape index (κ2) is 6.47. The van der Waals surface area contributed by atoms with Crippen molar-refractivity contribution in [1.82, 2.24) is 15.2 Å². The van der Waals surface area contributed by atoms with Crippen molar-refractivity contribution in [2.24, 2.45) is 0 Å². The molecule has 1 aromatic rings. The fourth-order valence-electron chi connectivity index (χ4n) is 2.00. The molecule has 0 aromatic carbocycles. The number of morpholine rings is 1. The zero-order valence-electron chi connectivity index (χ0n) is 10.6. The largest absolute Gasteiger partial charge is 0.378 e. The Labute approximate surface area is 107 Å². The number of nitrogens with one attached hydrogen (secondary N) is 1. The molecule has 1 amide bonds. The molecular weight excluding hydrogens is 230 g/mol. The number of ether oxygens (including phenoxy) is 1. The molecule has 1 fully saturated rings. The Balaban J connectivity index is 1.97. The molecule has 0 aliphatic carbocycles. The Kier molecular flexibility index (Phi) is 4.66. The first kappa shape index (κ1) is 13.0. The summed E-state index contributed by atoms with van der Waals surface area (Å²) in [4.78, 5) is 18.1. The molecule has 1 saturated heterocycles. The lowest BCUT2D eigenvalue weighted by Crippen LogP contribution is -2.52. The van der Waals surface area contributed by atoms with E-state index >= 15 is 0 Å². The van der Waals surface area contributed by atoms with Gasteiger partial charge in [0, 0.05) is 32.0 Å². The maximum atomic E-state index is 12.3. The van der Waals surface area contributed by atoms with Crippen LogP contribution >= 0.6 is 0 Å². The molecule has 1 aliphatic heterocycles. The van der Waals surface area contributed by atoms with Crippen molar-refractivity contribution in [3.63, 3.8) is 0 Å². The van der Waals surface area contributed by atoms with Gasteiger partial charge in [0.25, 0.3) is 0 Å². The molecule has 18 heavy (non-hydrogen) atoms. The van der Waals surface area contributed by atoms with Gasteiger partial charge in [0.2, 0.25) is 5.91 Å². The van der Waals surface area contributed by atoms with Crippen LogP contribution in [0, 0.1) is 0 Å². The summed E-state index contributed by atoms with van der Waals surface area (Å²) in [6.07, 6.45) is 3.49. The van der Waals surface area contributed by atoms with E-state index < -0.39 is 0 Å². The second-order valence-electron chi connectivity index (χ2n) is 4.29. The lowest BCUT2D eigenvalue weighted by molar-refractivity contribution is -0.136. The fourth-order valence-corrected chi connectivity index (χ4v) is 2.00. The second-order valence-corrected chi connectivity index (χ2v) is 4.29. The first-order valence-corrected chi connectivity index (χ1v) is 6.30. The molecule has 5 nitrogen and oxygen atoms in total. The fraction of sp³-hybridized carbons (Fsp3) is 0.538. The van der Waals surface area contributed by atoms with Crippen molar-refractivity contribution in [1.29, 1.82) is 0 Å². The highest BCUT2D eigenvalue weighted by molar-refractivity contribution is 5.82. The Bertz CT molecular complexity index is 377. The normalized spacial score (nSPS) is 19.5. The van der Waals surface area contributed by atoms with Gasteiger partial charge in [-0.1, -0.05) is 0 Å². The van der Waals surface area contributed by atoms with Gasteiger partial charge in [-0.25, -0.2) is 0 Å². The van der Waals surface area contributed by atoms with Gasteiger partial charge in [-0.2, -0.15) is 0 Å². The molecule has 0 saturated carbocycles. The summed E-state index contributed by atoms with van der Waals surface area (Å²) in [5.74, 6) is 0.106. The minimum Gasteiger partial charge on any atom is -0.378 e. The van der Waals surface area contributed by atoms with E-state index in [1.54, 1.807) is 12.4 Å². The van der Waals surface area contributed by atoms with Crippen LogP contribution in [0.15, 0.2) is 24.5 Å². The third-order valence-corrected chi connectivity index (χ3v) is 3.04. The number of carbonyl (C=O) groups is 1. The average molecular weight is 249 g/mol. The van der Waals surface area contributed by atoms with Gasteiger partial charge in [0.05, 0.1) is 13.2 Å². The smallest absolute Gasteiger partial charge is 0.242 e. The molecule has 0 bridgehead atoms. The van der Waals surface area contributed by atoms with E-state index in [-0.39, 0.29) is 11.9 Å². The maximum Gasteiger partial charge on any atom is 0.242 e. The summed E-state index contributed by atoms with van der Waals surface area (Å²) in [5.41, 5.74) is 1.09. The molecule has 1 aromatic heterocycles. The van der Waals surface area contributed by atoms with Crippen LogP contribution in [0.1, 0.15) is 12.5 Å². The van der Waals surface area contributed by atoms with Crippen LogP contribution in [0.4, 0.5) is 0 Å². The Morgan fingerprint density at radius 3 is 2.94 bits per heavy atom. The van der Waals surface area contributed by atoms with Gasteiger partial charge in [-0.05, 0) is 24.6 Å². The van der Waals surface area contributed by atoms with Crippen LogP contribution in [-0.4, -0.2) is 48.1 Å². The predicted molar refractivity (Wildman–Crippen MR) is 67.9 cm³/mol. The number of likely N-dealkylation sites (N-methyl/N-ethyl adjacent to an activating group) is 1. The number of aromatic nitrogens is 1. The van der Waals surface area contributed by atoms with Crippen molar-refractivity contribution < 1.29 is 9.53 Å². The Morgan fingerprint density at radius 2 is 2.33 bits per heavy atom. The molecular formula is C13H19N3O2. The number of rotatable bonds is 4. The van der Waals surface area contributed by atoms with Gasteiger partial charge in [0.15, 0.2) is 0 Å². The van der Waals surface area contributed by atoms with Gasteiger partial charge < -0.3 is 15.0 Å². The summed E-state index contributed by atoms with van der Waals surface area (Å²) < 4.78 is 5.33. The zero-order valence-corrected chi connectivity index (χ0v) is 10.6. The standard InChI is InChI=1S/C13H19N3O2/c1-2-16(9-11-3-5-14-6-4-11)13(17)12-10-18-8-7-15-12/h3-6,12,15H,2,7-10H2,1H3. The van der Waals surface area contributed by atoms with Gasteiger partial charge >= 0.3 is 0 Å². The van der Waals surface area contributed by atoms with Gasteiger partial charge in [-0.3, -0.25) is 9.78 Å². The molecule has 1 aliphatic rings. The summed E-state index contributed by atoms with van der Waals surface area (Å²) in [5, 5.41) is 3.19. The lowest BCUT2D eigenvalue weighted by atomic mass is 10.2. The highest BCUT2D eigenvalue weighted by atomic mass is 16.5. The van der Waals surface area contributed by atoms with Crippen LogP contribution < -0.4 is 5.32 Å². The SMILES string of the molecule is CCN(Cc1ccncc1)C(=O)C1COCCN1. The molecule has 2 rings (SSSR count). The van der Waals surface area contributed by atoms with E-state index in [4.69, 9.17) is 4.74 Å². The van der Waals surface area contributed by atoms with Crippen molar-refractivity contribution in [3.05, 3.63) is 30.1 Å². The first-order valence-electron chi connectivity index (χ1n) is 6.30. The van der Waals surface area contributed by atoms with Crippen LogP contribution in [-0.2, 0) is 16.1 Å². The summed E-state index contributed by atoms with van der Waals surface area (Å²) in [6.45, 7) is 5.19. The number of pyridine rings is 1. The van der Waals surface area contributed by atoms with Crippen molar-refractivity contribution in [2.45, 2.75) is 19.5 Å². The van der Waals surface area contributed by atoms with Crippen molar-refractivity contribution in [3.8, 4) is 0 Å². The lowest BCUT2D eigenvalue weighted by Gasteiger charge is -2.29. The van der Waals surface area contributed by atoms with Crippen LogP contribution in [0.25, 0.3) is 0 Å². The van der Waals surface area contributed by atoms with Crippen LogP contribution in [0.2, 0.25) is 0 Å². The highest BCUT2D eigenvalue weighted by Gasteiger charge is 2.25. The molecule has 0 radical (unpaired) electrons. The third kappa shape index (κ3) is 3.27. The molecule has 1 atom stereocenters. The van der Waals surface area contributed by atoms with Crippen LogP contribution in [0.3, 0.4) is 0 Å². The number of hydrogen-bond acceptors (Lipinski definition) is 4. The molecule has 0 spiro atoms. The number of hydrogen-bond donors (Lipinski definition) is 1. The molecule has 98 valence electrons. The maximum absolute atomic E-state index is 12.3. The van der Waals surface area contributed by atoms with E-state index in [0.717, 1.165) is 12.1 Å².